The number of likely N-dealkylation sites (tertiary alicyclic amines) is 1. The lowest BCUT2D eigenvalue weighted by Crippen LogP contribution is -2.42. The molecule has 2 heterocycles. The number of fused-ring (bicyclic) bond motifs is 1. The summed E-state index contributed by atoms with van der Waals surface area (Å²) in [6.45, 7) is 9.21. The summed E-state index contributed by atoms with van der Waals surface area (Å²) in [7, 11) is 1.57. The molecule has 8 nitrogen and oxygen atoms in total. The molecule has 0 spiro atoms. The zero-order valence-corrected chi connectivity index (χ0v) is 21.4. The van der Waals surface area contributed by atoms with Crippen LogP contribution in [0.15, 0.2) is 36.7 Å². The molecule has 36 heavy (non-hydrogen) atoms. The van der Waals surface area contributed by atoms with Crippen LogP contribution < -0.4 is 14.8 Å². The Kier molecular flexibility index (Phi) is 7.47. The number of ether oxygens (including phenoxy) is 3. The van der Waals surface area contributed by atoms with Crippen LogP contribution in [0.25, 0.3) is 10.9 Å². The molecule has 1 aliphatic rings. The number of carbonyl (C=O) groups excluding carboxylic acids is 1. The molecular weight excluding hydrogens is 463 g/mol. The SMILES string of the molecule is COc1cc2c(Nc3ccc(C)cc3F)ncnc2cc1OCC1CCN(C(=O)OC(C)(C)C)CC1. The van der Waals surface area contributed by atoms with Crippen molar-refractivity contribution in [2.75, 3.05) is 32.1 Å². The number of benzene rings is 2. The van der Waals surface area contributed by atoms with Crippen LogP contribution in [0.3, 0.4) is 0 Å². The third-order valence-electron chi connectivity index (χ3n) is 6.04. The Labute approximate surface area is 210 Å². The number of piperidine rings is 1. The molecule has 1 aromatic heterocycles. The summed E-state index contributed by atoms with van der Waals surface area (Å²) in [6, 6.07) is 8.59. The molecule has 3 aromatic rings. The maximum atomic E-state index is 14.4. The number of anilines is 2. The van der Waals surface area contributed by atoms with E-state index < -0.39 is 5.60 Å². The summed E-state index contributed by atoms with van der Waals surface area (Å²) < 4.78 is 31.6. The molecule has 0 bridgehead atoms. The van der Waals surface area contributed by atoms with Crippen LogP contribution in [0, 0.1) is 18.7 Å². The first-order valence-corrected chi connectivity index (χ1v) is 12.1. The maximum Gasteiger partial charge on any atom is 0.410 e. The van der Waals surface area contributed by atoms with Gasteiger partial charge in [0.05, 0.1) is 24.9 Å². The summed E-state index contributed by atoms with van der Waals surface area (Å²) in [6.07, 6.45) is 2.81. The summed E-state index contributed by atoms with van der Waals surface area (Å²) in [5.41, 5.74) is 1.31. The minimum Gasteiger partial charge on any atom is -0.493 e. The van der Waals surface area contributed by atoms with Crippen molar-refractivity contribution in [2.45, 2.75) is 46.1 Å². The third-order valence-corrected chi connectivity index (χ3v) is 6.04. The van der Waals surface area contributed by atoms with Gasteiger partial charge in [0, 0.05) is 24.5 Å². The second-order valence-corrected chi connectivity index (χ2v) is 10.1. The Hall–Kier alpha value is -3.62. The number of aryl methyl sites for hydroxylation is 1. The van der Waals surface area contributed by atoms with Gasteiger partial charge >= 0.3 is 6.09 Å². The third kappa shape index (κ3) is 6.13. The maximum absolute atomic E-state index is 14.4. The summed E-state index contributed by atoms with van der Waals surface area (Å²) in [5.74, 6) is 1.53. The Morgan fingerprint density at radius 3 is 2.56 bits per heavy atom. The number of nitrogens with zero attached hydrogens (tertiary/aromatic N) is 3. The molecule has 0 aliphatic carbocycles. The molecule has 2 aromatic carbocycles. The summed E-state index contributed by atoms with van der Waals surface area (Å²) in [5, 5.41) is 3.75. The first-order chi connectivity index (χ1) is 17.1. The Bertz CT molecular complexity index is 1240. The number of nitrogens with one attached hydrogen (secondary N) is 1. The lowest BCUT2D eigenvalue weighted by Gasteiger charge is -2.33. The van der Waals surface area contributed by atoms with E-state index in [-0.39, 0.29) is 11.9 Å². The van der Waals surface area contributed by atoms with Crippen LogP contribution in [-0.4, -0.2) is 53.4 Å². The molecule has 1 amide bonds. The molecule has 1 N–H and O–H groups in total. The monoisotopic (exact) mass is 496 g/mol. The quantitative estimate of drug-likeness (QED) is 0.458. The highest BCUT2D eigenvalue weighted by molar-refractivity contribution is 5.93. The van der Waals surface area contributed by atoms with Gasteiger partial charge in [0.1, 0.15) is 23.6 Å². The number of halogens is 1. The highest BCUT2D eigenvalue weighted by Gasteiger charge is 2.27. The van der Waals surface area contributed by atoms with Crippen LogP contribution in [0.4, 0.5) is 20.7 Å². The van der Waals surface area contributed by atoms with E-state index in [4.69, 9.17) is 14.2 Å². The highest BCUT2D eigenvalue weighted by atomic mass is 19.1. The van der Waals surface area contributed by atoms with Crippen LogP contribution in [0.5, 0.6) is 11.5 Å². The van der Waals surface area contributed by atoms with E-state index in [0.717, 1.165) is 18.4 Å². The molecule has 0 radical (unpaired) electrons. The van der Waals surface area contributed by atoms with Crippen molar-refractivity contribution < 1.29 is 23.4 Å². The summed E-state index contributed by atoms with van der Waals surface area (Å²) >= 11 is 0. The Balaban J connectivity index is 1.44. The predicted molar refractivity (Wildman–Crippen MR) is 137 cm³/mol. The Morgan fingerprint density at radius 1 is 1.14 bits per heavy atom. The molecule has 1 saturated heterocycles. The second-order valence-electron chi connectivity index (χ2n) is 10.1. The van der Waals surface area contributed by atoms with E-state index in [2.05, 4.69) is 15.3 Å². The molecule has 0 saturated carbocycles. The standard InChI is InChI=1S/C27H33FN4O4/c1-17-6-7-21(20(28)12-17)31-25-19-13-23(34-5)24(14-22(19)29-16-30-25)35-15-18-8-10-32(11-9-18)26(33)36-27(2,3)4/h6-7,12-14,16,18H,8-11,15H2,1-5H3,(H,29,30,31). The normalized spacial score (nSPS) is 14.6. The van der Waals surface area contributed by atoms with Gasteiger partial charge in [0.15, 0.2) is 11.5 Å². The largest absolute Gasteiger partial charge is 0.493 e. The average molecular weight is 497 g/mol. The first kappa shape index (κ1) is 25.5. The predicted octanol–water partition coefficient (Wildman–Crippen LogP) is 5.86. The minimum absolute atomic E-state index is 0.271. The molecule has 1 aliphatic heterocycles. The van der Waals surface area contributed by atoms with Crippen LogP contribution in [0.2, 0.25) is 0 Å². The van der Waals surface area contributed by atoms with Crippen molar-refractivity contribution in [1.29, 1.82) is 0 Å². The van der Waals surface area contributed by atoms with Gasteiger partial charge in [0.2, 0.25) is 0 Å². The molecule has 1 fully saturated rings. The van der Waals surface area contributed by atoms with E-state index in [1.807, 2.05) is 39.8 Å². The highest BCUT2D eigenvalue weighted by Crippen LogP contribution is 2.35. The fourth-order valence-corrected chi connectivity index (χ4v) is 4.10. The van der Waals surface area contributed by atoms with Gasteiger partial charge in [0.25, 0.3) is 0 Å². The fraction of sp³-hybridized carbons (Fsp3) is 0.444. The minimum atomic E-state index is -0.503. The summed E-state index contributed by atoms with van der Waals surface area (Å²) in [4.78, 5) is 22.7. The van der Waals surface area contributed by atoms with Crippen molar-refractivity contribution in [2.24, 2.45) is 5.92 Å². The van der Waals surface area contributed by atoms with E-state index in [1.54, 1.807) is 24.1 Å². The van der Waals surface area contributed by atoms with Crippen LogP contribution >= 0.6 is 0 Å². The fourth-order valence-electron chi connectivity index (χ4n) is 4.10. The van der Waals surface area contributed by atoms with E-state index in [9.17, 15) is 9.18 Å². The van der Waals surface area contributed by atoms with E-state index in [1.165, 1.54) is 12.4 Å². The lowest BCUT2D eigenvalue weighted by molar-refractivity contribution is 0.0164. The molecule has 0 atom stereocenters. The number of methoxy groups -OCH3 is 1. The number of carbonyl (C=O) groups is 1. The van der Waals surface area contributed by atoms with E-state index in [0.29, 0.717) is 59.5 Å². The van der Waals surface area contributed by atoms with Crippen molar-refractivity contribution in [1.82, 2.24) is 14.9 Å². The van der Waals surface area contributed by atoms with Crippen molar-refractivity contribution in [3.63, 3.8) is 0 Å². The van der Waals surface area contributed by atoms with Gasteiger partial charge in [-0.25, -0.2) is 19.2 Å². The zero-order chi connectivity index (χ0) is 25.9. The van der Waals surface area contributed by atoms with Crippen molar-refractivity contribution in [3.8, 4) is 11.5 Å². The van der Waals surface area contributed by atoms with E-state index >= 15 is 0 Å². The van der Waals surface area contributed by atoms with Crippen molar-refractivity contribution in [3.05, 3.63) is 48.0 Å². The topological polar surface area (TPSA) is 85.8 Å². The van der Waals surface area contributed by atoms with Gasteiger partial charge in [-0.15, -0.1) is 0 Å². The van der Waals surface area contributed by atoms with Crippen LogP contribution in [-0.2, 0) is 4.74 Å². The zero-order valence-electron chi connectivity index (χ0n) is 21.4. The molecule has 9 heteroatoms. The smallest absolute Gasteiger partial charge is 0.410 e. The van der Waals surface area contributed by atoms with Gasteiger partial charge < -0.3 is 24.4 Å². The van der Waals surface area contributed by atoms with Crippen LogP contribution in [0.1, 0.15) is 39.2 Å². The van der Waals surface area contributed by atoms with Gasteiger partial charge in [-0.05, 0) is 70.2 Å². The molecule has 0 unspecified atom stereocenters. The van der Waals surface area contributed by atoms with Gasteiger partial charge in [-0.2, -0.15) is 0 Å². The number of rotatable bonds is 6. The van der Waals surface area contributed by atoms with Gasteiger partial charge in [-0.1, -0.05) is 6.07 Å². The molecule has 4 rings (SSSR count). The second kappa shape index (κ2) is 10.6. The number of amides is 1. The first-order valence-electron chi connectivity index (χ1n) is 12.1. The molecule has 192 valence electrons. The number of hydrogen-bond donors (Lipinski definition) is 1. The lowest BCUT2D eigenvalue weighted by atomic mass is 9.98. The number of hydrogen-bond acceptors (Lipinski definition) is 7. The van der Waals surface area contributed by atoms with Gasteiger partial charge in [-0.3, -0.25) is 0 Å². The van der Waals surface area contributed by atoms with Crippen molar-refractivity contribution >= 4 is 28.5 Å². The number of aromatic nitrogens is 2. The average Bonchev–Trinajstić information content (AvgIpc) is 2.83. The molecular formula is C27H33FN4O4. The Morgan fingerprint density at radius 2 is 1.89 bits per heavy atom.